The molecule has 1 radical (unpaired) electrons. The Morgan fingerprint density at radius 3 is 2.82 bits per heavy atom. The quantitative estimate of drug-likeness (QED) is 0.561. The zero-order chi connectivity index (χ0) is 7.84. The molecule has 2 heteroatoms. The summed E-state index contributed by atoms with van der Waals surface area (Å²) < 4.78 is 0. The minimum absolute atomic E-state index is 0.465. The molecule has 1 unspecified atom stereocenters. The fraction of sp³-hybridized carbons (Fsp3) is 0.222. The van der Waals surface area contributed by atoms with E-state index in [4.69, 9.17) is 5.73 Å². The lowest BCUT2D eigenvalue weighted by atomic mass is 10.1. The molecule has 0 aliphatic heterocycles. The molecule has 2 rings (SSSR count). The molecule has 3 N–H and O–H groups in total. The summed E-state index contributed by atoms with van der Waals surface area (Å²) >= 11 is 0. The number of nitrogens with two attached hydrogens (primary N) is 1. The van der Waals surface area contributed by atoms with Gasteiger partial charge in [-0.25, -0.2) is 0 Å². The topological polar surface area (TPSA) is 46.2 Å². The molecule has 0 amide bonds. The van der Waals surface area contributed by atoms with Crippen LogP contribution in [0.15, 0.2) is 24.3 Å². The van der Waals surface area contributed by atoms with E-state index in [1.54, 1.807) is 0 Å². The molecule has 57 valence electrons. The van der Waals surface area contributed by atoms with Gasteiger partial charge in [0.15, 0.2) is 0 Å². The molecule has 0 heterocycles. The summed E-state index contributed by atoms with van der Waals surface area (Å²) in [7, 11) is 0. The number of benzene rings is 1. The van der Waals surface area contributed by atoms with E-state index in [9.17, 15) is 5.11 Å². The predicted molar refractivity (Wildman–Crippen MR) is 42.7 cm³/mol. The molecule has 2 nitrogen and oxygen atoms in total. The molecule has 1 aliphatic carbocycles. The first kappa shape index (κ1) is 6.83. The van der Waals surface area contributed by atoms with Crippen molar-refractivity contribution in [3.63, 3.8) is 0 Å². The summed E-state index contributed by atoms with van der Waals surface area (Å²) in [6.07, 6.45) is 0.203. The number of hydrogen-bond donors (Lipinski definition) is 2. The van der Waals surface area contributed by atoms with Gasteiger partial charge in [0.2, 0.25) is 0 Å². The summed E-state index contributed by atoms with van der Waals surface area (Å²) in [6.45, 7) is 0. The van der Waals surface area contributed by atoms with E-state index < -0.39 is 6.10 Å². The van der Waals surface area contributed by atoms with Gasteiger partial charge in [-0.2, -0.15) is 0 Å². The molecule has 0 saturated carbocycles. The first-order chi connectivity index (χ1) is 5.29. The summed E-state index contributed by atoms with van der Waals surface area (Å²) in [5, 5.41) is 9.36. The molecular weight excluding hydrogens is 138 g/mol. The third kappa shape index (κ3) is 0.951. The lowest BCUT2D eigenvalue weighted by molar-refractivity contribution is 0.201. The Morgan fingerprint density at radius 1 is 1.36 bits per heavy atom. The van der Waals surface area contributed by atoms with Gasteiger partial charge in [-0.05, 0) is 11.1 Å². The van der Waals surface area contributed by atoms with Gasteiger partial charge in [0.1, 0.15) is 0 Å². The molecule has 11 heavy (non-hydrogen) atoms. The minimum Gasteiger partial charge on any atom is -0.390 e. The highest BCUT2D eigenvalue weighted by molar-refractivity contribution is 5.44. The molecular formula is C9H10NO. The van der Waals surface area contributed by atoms with Crippen molar-refractivity contribution in [2.45, 2.75) is 12.5 Å². The minimum atomic E-state index is -0.465. The van der Waals surface area contributed by atoms with Crippen LogP contribution in [0, 0.1) is 6.04 Å². The zero-order valence-electron chi connectivity index (χ0n) is 6.12. The summed E-state index contributed by atoms with van der Waals surface area (Å²) in [4.78, 5) is 0. The first-order valence-electron chi connectivity index (χ1n) is 3.67. The number of fused-ring (bicyclic) bond motifs is 1. The van der Waals surface area contributed by atoms with Gasteiger partial charge in [-0.1, -0.05) is 24.3 Å². The third-order valence-corrected chi connectivity index (χ3v) is 2.10. The molecule has 0 aromatic heterocycles. The van der Waals surface area contributed by atoms with Crippen molar-refractivity contribution in [3.05, 3.63) is 41.4 Å². The Morgan fingerprint density at radius 2 is 2.09 bits per heavy atom. The van der Waals surface area contributed by atoms with Crippen LogP contribution in [0.4, 0.5) is 0 Å². The van der Waals surface area contributed by atoms with Crippen LogP contribution in [-0.4, -0.2) is 11.2 Å². The molecule has 0 saturated heterocycles. The van der Waals surface area contributed by atoms with Crippen LogP contribution < -0.4 is 5.73 Å². The number of rotatable bonds is 0. The average Bonchev–Trinajstić information content (AvgIpc) is 2.30. The molecule has 0 spiro atoms. The van der Waals surface area contributed by atoms with E-state index in [1.165, 1.54) is 0 Å². The van der Waals surface area contributed by atoms with Crippen LogP contribution in [0.1, 0.15) is 11.1 Å². The van der Waals surface area contributed by atoms with E-state index in [-0.39, 0.29) is 0 Å². The van der Waals surface area contributed by atoms with Crippen LogP contribution in [0.3, 0.4) is 0 Å². The zero-order valence-corrected chi connectivity index (χ0v) is 6.12. The second kappa shape index (κ2) is 2.32. The van der Waals surface area contributed by atoms with Gasteiger partial charge in [0.25, 0.3) is 0 Å². The molecule has 1 atom stereocenters. The van der Waals surface area contributed by atoms with E-state index in [2.05, 4.69) is 0 Å². The Bertz CT molecular complexity index is 272. The normalized spacial score (nSPS) is 23.6. The lowest BCUT2D eigenvalue weighted by Crippen LogP contribution is -2.22. The lowest BCUT2D eigenvalue weighted by Gasteiger charge is -2.06. The molecule has 0 bridgehead atoms. The predicted octanol–water partition coefficient (Wildman–Crippen LogP) is 0.442. The van der Waals surface area contributed by atoms with E-state index in [0.29, 0.717) is 12.5 Å². The van der Waals surface area contributed by atoms with Crippen molar-refractivity contribution >= 4 is 0 Å². The number of hydrogen-bond acceptors (Lipinski definition) is 2. The van der Waals surface area contributed by atoms with Crippen molar-refractivity contribution < 1.29 is 5.11 Å². The molecule has 0 fully saturated rings. The second-order valence-corrected chi connectivity index (χ2v) is 2.83. The standard InChI is InChI=1S/C9H10NO/c10-9-7-4-2-1-3-6(7)5-8(9)11/h1-4,8,11H,5,10H2. The summed E-state index contributed by atoms with van der Waals surface area (Å²) in [6, 6.07) is 8.45. The molecule has 1 aromatic carbocycles. The number of aliphatic hydroxyl groups excluding tert-OH is 1. The van der Waals surface area contributed by atoms with Crippen molar-refractivity contribution in [1.82, 2.24) is 0 Å². The van der Waals surface area contributed by atoms with Gasteiger partial charge in [0.05, 0.1) is 12.1 Å². The summed E-state index contributed by atoms with van der Waals surface area (Å²) in [5.74, 6) is 0. The van der Waals surface area contributed by atoms with Gasteiger partial charge in [-0.15, -0.1) is 0 Å². The highest BCUT2D eigenvalue weighted by Gasteiger charge is 2.27. The van der Waals surface area contributed by atoms with E-state index in [0.717, 1.165) is 11.1 Å². The maximum atomic E-state index is 9.36. The molecule has 1 aliphatic rings. The highest BCUT2D eigenvalue weighted by atomic mass is 16.3. The van der Waals surface area contributed by atoms with Crippen molar-refractivity contribution in [2.24, 2.45) is 5.73 Å². The van der Waals surface area contributed by atoms with Gasteiger partial charge in [0, 0.05) is 6.42 Å². The van der Waals surface area contributed by atoms with Gasteiger partial charge < -0.3 is 10.8 Å². The Hall–Kier alpha value is -0.860. The van der Waals surface area contributed by atoms with Crippen molar-refractivity contribution in [2.75, 3.05) is 0 Å². The number of aliphatic hydroxyl groups is 1. The van der Waals surface area contributed by atoms with Crippen LogP contribution in [0.25, 0.3) is 0 Å². The largest absolute Gasteiger partial charge is 0.390 e. The fourth-order valence-electron chi connectivity index (χ4n) is 1.48. The monoisotopic (exact) mass is 148 g/mol. The van der Waals surface area contributed by atoms with Crippen LogP contribution in [0.5, 0.6) is 0 Å². The maximum Gasteiger partial charge on any atom is 0.0929 e. The van der Waals surface area contributed by atoms with Crippen LogP contribution >= 0.6 is 0 Å². The van der Waals surface area contributed by atoms with Crippen molar-refractivity contribution in [3.8, 4) is 0 Å². The third-order valence-electron chi connectivity index (χ3n) is 2.10. The molecule has 1 aromatic rings. The van der Waals surface area contributed by atoms with Gasteiger partial charge in [-0.3, -0.25) is 0 Å². The average molecular weight is 148 g/mol. The second-order valence-electron chi connectivity index (χ2n) is 2.83. The Balaban J connectivity index is 2.47. The maximum absolute atomic E-state index is 9.36. The first-order valence-corrected chi connectivity index (χ1v) is 3.67. The Kier molecular flexibility index (Phi) is 1.44. The van der Waals surface area contributed by atoms with Crippen LogP contribution in [-0.2, 0) is 6.42 Å². The Labute approximate surface area is 65.7 Å². The van der Waals surface area contributed by atoms with Crippen LogP contribution in [0.2, 0.25) is 0 Å². The fourth-order valence-corrected chi connectivity index (χ4v) is 1.48. The van der Waals surface area contributed by atoms with Crippen molar-refractivity contribution in [1.29, 1.82) is 0 Å². The summed E-state index contributed by atoms with van der Waals surface area (Å²) in [5.41, 5.74) is 7.82. The highest BCUT2D eigenvalue weighted by Crippen LogP contribution is 2.27. The van der Waals surface area contributed by atoms with Gasteiger partial charge >= 0.3 is 0 Å². The van der Waals surface area contributed by atoms with E-state index in [1.807, 2.05) is 24.3 Å². The SMILES string of the molecule is N[C]1c2ccccc2CC1O. The van der Waals surface area contributed by atoms with E-state index >= 15 is 0 Å². The smallest absolute Gasteiger partial charge is 0.0929 e.